The summed E-state index contributed by atoms with van der Waals surface area (Å²) in [4.78, 5) is 21.8. The monoisotopic (exact) mass is 490 g/mol. The van der Waals surface area contributed by atoms with Crippen molar-refractivity contribution in [2.75, 3.05) is 5.32 Å². The topological polar surface area (TPSA) is 67.4 Å². The standard InChI is InChI=1S/C16H9Cl5F2N2O3/c17-9-4-2-1-3-8(9)13(26)25-15(27)24-7-5-10(18)12(11(19)6-7)28-16(22,23)14(20)21/h1-6,14H,(H2,24,25,26,27). The lowest BCUT2D eigenvalue weighted by molar-refractivity contribution is -0.163. The Morgan fingerprint density at radius 1 is 1.00 bits per heavy atom. The van der Waals surface area contributed by atoms with Crippen molar-refractivity contribution in [2.24, 2.45) is 0 Å². The highest BCUT2D eigenvalue weighted by molar-refractivity contribution is 6.45. The molecule has 2 aromatic carbocycles. The quantitative estimate of drug-likeness (QED) is 0.476. The van der Waals surface area contributed by atoms with Crippen LogP contribution in [0, 0.1) is 0 Å². The maximum absolute atomic E-state index is 13.5. The second-order valence-electron chi connectivity index (χ2n) is 5.12. The van der Waals surface area contributed by atoms with Crippen molar-refractivity contribution in [3.63, 3.8) is 0 Å². The second-order valence-corrected chi connectivity index (χ2v) is 7.44. The molecule has 0 unspecified atom stereocenters. The highest BCUT2D eigenvalue weighted by atomic mass is 35.5. The van der Waals surface area contributed by atoms with Gasteiger partial charge >= 0.3 is 12.1 Å². The van der Waals surface area contributed by atoms with Crippen molar-refractivity contribution >= 4 is 75.6 Å². The molecule has 5 nitrogen and oxygen atoms in total. The molecule has 0 aliphatic heterocycles. The summed E-state index contributed by atoms with van der Waals surface area (Å²) < 4.78 is 31.4. The van der Waals surface area contributed by atoms with Crippen LogP contribution in [0.5, 0.6) is 5.75 Å². The number of halogens is 7. The van der Waals surface area contributed by atoms with Crippen molar-refractivity contribution in [3.05, 3.63) is 57.0 Å². The van der Waals surface area contributed by atoms with Gasteiger partial charge in [0.1, 0.15) is 0 Å². The van der Waals surface area contributed by atoms with Crippen molar-refractivity contribution in [3.8, 4) is 5.75 Å². The number of benzene rings is 2. The lowest BCUT2D eigenvalue weighted by atomic mass is 10.2. The van der Waals surface area contributed by atoms with E-state index >= 15 is 0 Å². The van der Waals surface area contributed by atoms with Crippen LogP contribution >= 0.6 is 58.0 Å². The number of hydrogen-bond donors (Lipinski definition) is 2. The number of carbonyl (C=O) groups excluding carboxylic acids is 2. The van der Waals surface area contributed by atoms with Gasteiger partial charge in [0.15, 0.2) is 5.75 Å². The van der Waals surface area contributed by atoms with E-state index in [0.29, 0.717) is 0 Å². The average molecular weight is 493 g/mol. The molecule has 150 valence electrons. The molecule has 0 heterocycles. The zero-order chi connectivity index (χ0) is 21.1. The predicted molar refractivity (Wildman–Crippen MR) is 105 cm³/mol. The molecule has 2 rings (SSSR count). The van der Waals surface area contributed by atoms with Crippen LogP contribution in [0.1, 0.15) is 10.4 Å². The summed E-state index contributed by atoms with van der Waals surface area (Å²) in [6.07, 6.45) is -3.95. The maximum Gasteiger partial charge on any atom is 0.428 e. The van der Waals surface area contributed by atoms with Crippen molar-refractivity contribution in [1.82, 2.24) is 5.32 Å². The highest BCUT2D eigenvalue weighted by Gasteiger charge is 2.41. The summed E-state index contributed by atoms with van der Waals surface area (Å²) in [5.41, 5.74) is 0.0847. The third-order valence-corrected chi connectivity index (χ3v) is 4.49. The minimum absolute atomic E-state index is 0.00317. The molecule has 0 fully saturated rings. The molecule has 0 radical (unpaired) electrons. The lowest BCUT2D eigenvalue weighted by Crippen LogP contribution is -2.34. The summed E-state index contributed by atoms with van der Waals surface area (Å²) in [7, 11) is 0. The molecule has 0 aliphatic rings. The first-order chi connectivity index (χ1) is 13.0. The van der Waals surface area contributed by atoms with Crippen molar-refractivity contribution in [2.45, 2.75) is 10.9 Å². The van der Waals surface area contributed by atoms with Crippen LogP contribution in [0.3, 0.4) is 0 Å². The molecule has 0 aromatic heterocycles. The van der Waals surface area contributed by atoms with Gasteiger partial charge in [-0.15, -0.1) is 0 Å². The Morgan fingerprint density at radius 3 is 2.11 bits per heavy atom. The minimum Gasteiger partial charge on any atom is -0.427 e. The van der Waals surface area contributed by atoms with Crippen LogP contribution in [-0.2, 0) is 0 Å². The van der Waals surface area contributed by atoms with Gasteiger partial charge in [-0.2, -0.15) is 8.78 Å². The van der Waals surface area contributed by atoms with Gasteiger partial charge < -0.3 is 10.1 Å². The highest BCUT2D eigenvalue weighted by Crippen LogP contribution is 2.40. The maximum atomic E-state index is 13.5. The number of rotatable bonds is 5. The van der Waals surface area contributed by atoms with Crippen LogP contribution < -0.4 is 15.4 Å². The van der Waals surface area contributed by atoms with E-state index in [-0.39, 0.29) is 26.3 Å². The lowest BCUT2D eigenvalue weighted by Gasteiger charge is -2.20. The fourth-order valence-electron chi connectivity index (χ4n) is 1.89. The summed E-state index contributed by atoms with van der Waals surface area (Å²) in [6, 6.07) is 7.32. The second kappa shape index (κ2) is 9.33. The number of hydrogen-bond acceptors (Lipinski definition) is 3. The number of nitrogens with one attached hydrogen (secondary N) is 2. The summed E-state index contributed by atoms with van der Waals surface area (Å²) in [6.45, 7) is 0. The molecule has 2 aromatic rings. The molecule has 0 saturated carbocycles. The van der Waals surface area contributed by atoms with E-state index in [4.69, 9.17) is 58.0 Å². The predicted octanol–water partition coefficient (Wildman–Crippen LogP) is 6.38. The molecule has 0 atom stereocenters. The summed E-state index contributed by atoms with van der Waals surface area (Å²) >= 11 is 27.9. The Hall–Kier alpha value is -1.51. The number of amides is 3. The molecule has 0 spiro atoms. The fourth-order valence-corrected chi connectivity index (χ4v) is 2.76. The molecule has 0 bridgehead atoms. The van der Waals surface area contributed by atoms with E-state index in [1.165, 1.54) is 12.1 Å². The van der Waals surface area contributed by atoms with E-state index in [0.717, 1.165) is 12.1 Å². The summed E-state index contributed by atoms with van der Waals surface area (Å²) in [5, 5.41) is 3.77. The van der Waals surface area contributed by atoms with Crippen LogP contribution in [0.2, 0.25) is 15.1 Å². The van der Waals surface area contributed by atoms with Crippen LogP contribution in [0.4, 0.5) is 19.3 Å². The van der Waals surface area contributed by atoms with Crippen LogP contribution in [0.15, 0.2) is 36.4 Å². The van der Waals surface area contributed by atoms with Gasteiger partial charge in [0.05, 0.1) is 20.6 Å². The molecule has 3 amide bonds. The first-order valence-corrected chi connectivity index (χ1v) is 9.23. The third-order valence-electron chi connectivity index (χ3n) is 3.09. The number of alkyl halides is 4. The normalized spacial score (nSPS) is 11.3. The molecule has 0 saturated heterocycles. The Labute approximate surface area is 182 Å². The molecular formula is C16H9Cl5F2N2O3. The van der Waals surface area contributed by atoms with Crippen molar-refractivity contribution < 1.29 is 23.1 Å². The number of carbonyl (C=O) groups is 2. The van der Waals surface area contributed by atoms with Gasteiger partial charge in [-0.05, 0) is 24.3 Å². The van der Waals surface area contributed by atoms with Gasteiger partial charge in [-0.25, -0.2) is 4.79 Å². The zero-order valence-electron chi connectivity index (χ0n) is 13.4. The first-order valence-electron chi connectivity index (χ1n) is 7.22. The van der Waals surface area contributed by atoms with Crippen LogP contribution in [0.25, 0.3) is 0 Å². The number of urea groups is 1. The molecule has 12 heteroatoms. The number of anilines is 1. The van der Waals surface area contributed by atoms with Gasteiger partial charge in [-0.1, -0.05) is 70.1 Å². The smallest absolute Gasteiger partial charge is 0.427 e. The number of imide groups is 1. The van der Waals surface area contributed by atoms with Gasteiger partial charge in [-0.3, -0.25) is 10.1 Å². The largest absolute Gasteiger partial charge is 0.428 e. The Kier molecular flexibility index (Phi) is 7.59. The van der Waals surface area contributed by atoms with Crippen molar-refractivity contribution in [1.29, 1.82) is 0 Å². The Balaban J connectivity index is 2.11. The van der Waals surface area contributed by atoms with E-state index in [1.807, 2.05) is 5.32 Å². The molecule has 28 heavy (non-hydrogen) atoms. The van der Waals surface area contributed by atoms with Gasteiger partial charge in [0.2, 0.25) is 4.84 Å². The van der Waals surface area contributed by atoms with E-state index in [2.05, 4.69) is 10.1 Å². The fraction of sp³-hybridized carbons (Fsp3) is 0.125. The van der Waals surface area contributed by atoms with Gasteiger partial charge in [0, 0.05) is 5.69 Å². The Morgan fingerprint density at radius 2 is 1.57 bits per heavy atom. The first kappa shape index (κ1) is 22.8. The van der Waals surface area contributed by atoms with E-state index < -0.39 is 28.6 Å². The van der Waals surface area contributed by atoms with E-state index in [1.54, 1.807) is 12.1 Å². The molecule has 2 N–H and O–H groups in total. The average Bonchev–Trinajstić information content (AvgIpc) is 2.58. The third kappa shape index (κ3) is 5.75. The summed E-state index contributed by atoms with van der Waals surface area (Å²) in [5.74, 6) is -1.34. The van der Waals surface area contributed by atoms with Crippen LogP contribution in [-0.4, -0.2) is 22.9 Å². The minimum atomic E-state index is -3.95. The Bertz CT molecular complexity index is 889. The number of ether oxygens (including phenoxy) is 1. The molecular weight excluding hydrogens is 483 g/mol. The SMILES string of the molecule is O=C(NC(=O)c1ccccc1Cl)Nc1cc(Cl)c(OC(F)(F)C(Cl)Cl)c(Cl)c1. The molecule has 0 aliphatic carbocycles. The van der Waals surface area contributed by atoms with E-state index in [9.17, 15) is 18.4 Å². The van der Waals surface area contributed by atoms with Gasteiger partial charge in [0.25, 0.3) is 5.91 Å². The zero-order valence-corrected chi connectivity index (χ0v) is 17.2.